The Morgan fingerprint density at radius 2 is 1.71 bits per heavy atom. The molecule has 3 nitrogen and oxygen atoms in total. The molecule has 0 aliphatic heterocycles. The molecule has 116 valence electrons. The van der Waals surface area contributed by atoms with Crippen LogP contribution in [0.1, 0.15) is 62.7 Å². The SMILES string of the molecule is CCOc1ccccc1C(=O)C1(OCC)CCCCCC1. The van der Waals surface area contributed by atoms with E-state index in [2.05, 4.69) is 0 Å². The van der Waals surface area contributed by atoms with Gasteiger partial charge in [-0.3, -0.25) is 4.79 Å². The summed E-state index contributed by atoms with van der Waals surface area (Å²) in [5, 5.41) is 0. The molecule has 0 aromatic heterocycles. The van der Waals surface area contributed by atoms with E-state index in [0.717, 1.165) is 25.7 Å². The Hall–Kier alpha value is -1.35. The number of carbonyl (C=O) groups excluding carboxylic acids is 1. The van der Waals surface area contributed by atoms with Crippen molar-refractivity contribution in [2.45, 2.75) is 58.0 Å². The molecule has 1 fully saturated rings. The van der Waals surface area contributed by atoms with Gasteiger partial charge in [-0.15, -0.1) is 0 Å². The minimum absolute atomic E-state index is 0.0929. The van der Waals surface area contributed by atoms with Gasteiger partial charge in [-0.2, -0.15) is 0 Å². The van der Waals surface area contributed by atoms with Crippen molar-refractivity contribution in [2.24, 2.45) is 0 Å². The molecular weight excluding hydrogens is 264 g/mol. The van der Waals surface area contributed by atoms with Crippen LogP contribution in [0.15, 0.2) is 24.3 Å². The first-order chi connectivity index (χ1) is 10.2. The van der Waals surface area contributed by atoms with Crippen LogP contribution in [0.3, 0.4) is 0 Å². The number of Topliss-reactive ketones (excluding diaryl/α,β-unsaturated/α-hetero) is 1. The smallest absolute Gasteiger partial charge is 0.198 e. The van der Waals surface area contributed by atoms with Crippen molar-refractivity contribution >= 4 is 5.78 Å². The molecule has 1 saturated carbocycles. The fourth-order valence-corrected chi connectivity index (χ4v) is 3.19. The molecule has 0 spiro atoms. The quantitative estimate of drug-likeness (QED) is 0.575. The zero-order chi connectivity index (χ0) is 15.1. The van der Waals surface area contributed by atoms with Crippen molar-refractivity contribution in [1.29, 1.82) is 0 Å². The largest absolute Gasteiger partial charge is 0.493 e. The van der Waals surface area contributed by atoms with Crippen LogP contribution in [-0.2, 0) is 4.74 Å². The molecule has 0 radical (unpaired) electrons. The summed E-state index contributed by atoms with van der Waals surface area (Å²) in [6, 6.07) is 7.53. The molecular formula is C18H26O3. The maximum Gasteiger partial charge on any atom is 0.198 e. The van der Waals surface area contributed by atoms with Gasteiger partial charge in [0.25, 0.3) is 0 Å². The summed E-state index contributed by atoms with van der Waals surface area (Å²) in [6.45, 7) is 5.04. The summed E-state index contributed by atoms with van der Waals surface area (Å²) in [7, 11) is 0. The first-order valence-corrected chi connectivity index (χ1v) is 8.14. The van der Waals surface area contributed by atoms with Gasteiger partial charge in [0.05, 0.1) is 12.2 Å². The monoisotopic (exact) mass is 290 g/mol. The molecule has 0 N–H and O–H groups in total. The lowest BCUT2D eigenvalue weighted by Crippen LogP contribution is -2.41. The van der Waals surface area contributed by atoms with Crippen molar-refractivity contribution in [3.8, 4) is 5.75 Å². The predicted molar refractivity (Wildman–Crippen MR) is 84.0 cm³/mol. The number of hydrogen-bond donors (Lipinski definition) is 0. The fraction of sp³-hybridized carbons (Fsp3) is 0.611. The molecule has 0 heterocycles. The van der Waals surface area contributed by atoms with Crippen LogP contribution in [0.5, 0.6) is 5.75 Å². The van der Waals surface area contributed by atoms with Gasteiger partial charge in [0.2, 0.25) is 0 Å². The van der Waals surface area contributed by atoms with Gasteiger partial charge in [0, 0.05) is 6.61 Å². The van der Waals surface area contributed by atoms with Gasteiger partial charge in [0.1, 0.15) is 11.4 Å². The van der Waals surface area contributed by atoms with Gasteiger partial charge < -0.3 is 9.47 Å². The highest BCUT2D eigenvalue weighted by atomic mass is 16.5. The van der Waals surface area contributed by atoms with E-state index in [-0.39, 0.29) is 5.78 Å². The van der Waals surface area contributed by atoms with E-state index in [1.165, 1.54) is 12.8 Å². The van der Waals surface area contributed by atoms with Crippen molar-refractivity contribution in [1.82, 2.24) is 0 Å². The van der Waals surface area contributed by atoms with E-state index in [4.69, 9.17) is 9.47 Å². The average molecular weight is 290 g/mol. The second kappa shape index (κ2) is 7.60. The minimum Gasteiger partial charge on any atom is -0.493 e. The lowest BCUT2D eigenvalue weighted by Gasteiger charge is -2.31. The lowest BCUT2D eigenvalue weighted by molar-refractivity contribution is -0.0294. The van der Waals surface area contributed by atoms with Gasteiger partial charge in [-0.25, -0.2) is 0 Å². The first kappa shape index (κ1) is 16.0. The average Bonchev–Trinajstić information content (AvgIpc) is 2.74. The van der Waals surface area contributed by atoms with Crippen LogP contribution in [0.25, 0.3) is 0 Å². The van der Waals surface area contributed by atoms with Gasteiger partial charge in [-0.05, 0) is 38.8 Å². The van der Waals surface area contributed by atoms with Crippen LogP contribution in [0.4, 0.5) is 0 Å². The molecule has 21 heavy (non-hydrogen) atoms. The molecule has 0 amide bonds. The van der Waals surface area contributed by atoms with Crippen molar-refractivity contribution in [3.63, 3.8) is 0 Å². The van der Waals surface area contributed by atoms with E-state index in [9.17, 15) is 4.79 Å². The Balaban J connectivity index is 2.33. The zero-order valence-electron chi connectivity index (χ0n) is 13.2. The number of ketones is 1. The highest BCUT2D eigenvalue weighted by molar-refractivity contribution is 6.04. The third kappa shape index (κ3) is 3.65. The number of hydrogen-bond acceptors (Lipinski definition) is 3. The third-order valence-electron chi connectivity index (χ3n) is 4.18. The number of rotatable bonds is 6. The summed E-state index contributed by atoms with van der Waals surface area (Å²) in [5.41, 5.74) is 0.00745. The van der Waals surface area contributed by atoms with Crippen LogP contribution in [0.2, 0.25) is 0 Å². The van der Waals surface area contributed by atoms with Gasteiger partial charge in [0.15, 0.2) is 5.78 Å². The minimum atomic E-state index is -0.654. The molecule has 0 atom stereocenters. The van der Waals surface area contributed by atoms with Crippen molar-refractivity contribution in [3.05, 3.63) is 29.8 Å². The van der Waals surface area contributed by atoms with Gasteiger partial charge in [-0.1, -0.05) is 37.8 Å². The van der Waals surface area contributed by atoms with E-state index < -0.39 is 5.60 Å². The number of ether oxygens (including phenoxy) is 2. The second-order valence-corrected chi connectivity index (χ2v) is 5.60. The Morgan fingerprint density at radius 3 is 2.33 bits per heavy atom. The van der Waals surface area contributed by atoms with E-state index in [0.29, 0.717) is 24.5 Å². The zero-order valence-corrected chi connectivity index (χ0v) is 13.2. The highest BCUT2D eigenvalue weighted by Gasteiger charge is 2.40. The predicted octanol–water partition coefficient (Wildman–Crippen LogP) is 4.40. The normalized spacial score (nSPS) is 18.0. The summed E-state index contributed by atoms with van der Waals surface area (Å²) in [4.78, 5) is 13.2. The van der Waals surface area contributed by atoms with Crippen LogP contribution in [0, 0.1) is 0 Å². The molecule has 1 aromatic rings. The van der Waals surface area contributed by atoms with E-state index >= 15 is 0 Å². The Morgan fingerprint density at radius 1 is 1.05 bits per heavy atom. The second-order valence-electron chi connectivity index (χ2n) is 5.60. The maximum absolute atomic E-state index is 13.2. The van der Waals surface area contributed by atoms with E-state index in [1.807, 2.05) is 38.1 Å². The number of para-hydroxylation sites is 1. The standard InChI is InChI=1S/C18H26O3/c1-3-20-16-12-8-7-11-15(16)17(19)18(21-4-2)13-9-5-6-10-14-18/h7-8,11-12H,3-6,9-10,13-14H2,1-2H3. The van der Waals surface area contributed by atoms with E-state index in [1.54, 1.807) is 0 Å². The maximum atomic E-state index is 13.2. The first-order valence-electron chi connectivity index (χ1n) is 8.14. The Bertz CT molecular complexity index is 459. The molecule has 2 rings (SSSR count). The van der Waals surface area contributed by atoms with Crippen LogP contribution < -0.4 is 4.74 Å². The molecule has 0 bridgehead atoms. The number of carbonyl (C=O) groups is 1. The molecule has 1 aliphatic carbocycles. The summed E-state index contributed by atoms with van der Waals surface area (Å²) in [5.74, 6) is 0.767. The molecule has 0 saturated heterocycles. The molecule has 0 unspecified atom stereocenters. The Kier molecular flexibility index (Phi) is 5.80. The molecule has 3 heteroatoms. The highest BCUT2D eigenvalue weighted by Crippen LogP contribution is 2.35. The topological polar surface area (TPSA) is 35.5 Å². The third-order valence-corrected chi connectivity index (χ3v) is 4.18. The summed E-state index contributed by atoms with van der Waals surface area (Å²) < 4.78 is 11.6. The summed E-state index contributed by atoms with van der Waals surface area (Å²) >= 11 is 0. The fourth-order valence-electron chi connectivity index (χ4n) is 3.19. The van der Waals surface area contributed by atoms with Gasteiger partial charge >= 0.3 is 0 Å². The van der Waals surface area contributed by atoms with Crippen molar-refractivity contribution < 1.29 is 14.3 Å². The summed E-state index contributed by atoms with van der Waals surface area (Å²) in [6.07, 6.45) is 6.13. The Labute approximate surface area is 127 Å². The van der Waals surface area contributed by atoms with Crippen LogP contribution >= 0.6 is 0 Å². The van der Waals surface area contributed by atoms with Crippen LogP contribution in [-0.4, -0.2) is 24.6 Å². The molecule has 1 aliphatic rings. The number of benzene rings is 1. The lowest BCUT2D eigenvalue weighted by atomic mass is 9.85. The van der Waals surface area contributed by atoms with Crippen molar-refractivity contribution in [2.75, 3.05) is 13.2 Å². The molecule has 1 aromatic carbocycles.